The molecule has 7 heteroatoms. The van der Waals surface area contributed by atoms with Crippen molar-refractivity contribution in [1.82, 2.24) is 9.47 Å². The number of benzene rings is 1. The van der Waals surface area contributed by atoms with Gasteiger partial charge in [0.15, 0.2) is 0 Å². The summed E-state index contributed by atoms with van der Waals surface area (Å²) in [6.07, 6.45) is 5.61. The molecule has 150 valence electrons. The number of morpholine rings is 1. The van der Waals surface area contributed by atoms with E-state index >= 15 is 0 Å². The van der Waals surface area contributed by atoms with Gasteiger partial charge < -0.3 is 25.3 Å². The van der Waals surface area contributed by atoms with Crippen molar-refractivity contribution in [2.24, 2.45) is 11.7 Å². The van der Waals surface area contributed by atoms with Crippen molar-refractivity contribution in [2.75, 3.05) is 31.6 Å². The first kappa shape index (κ1) is 19.0. The van der Waals surface area contributed by atoms with Crippen LogP contribution in [0, 0.1) is 5.92 Å². The van der Waals surface area contributed by atoms with Crippen LogP contribution in [-0.2, 0) is 20.9 Å². The Kier molecular flexibility index (Phi) is 5.64. The molecule has 1 saturated carbocycles. The van der Waals surface area contributed by atoms with E-state index in [2.05, 4.69) is 5.32 Å². The summed E-state index contributed by atoms with van der Waals surface area (Å²) in [4.78, 5) is 26.9. The fraction of sp³-hybridized carbons (Fsp3) is 0.524. The van der Waals surface area contributed by atoms with Gasteiger partial charge in [0, 0.05) is 47.8 Å². The molecular formula is C21H28N4O3. The third-order valence-electron chi connectivity index (χ3n) is 5.79. The van der Waals surface area contributed by atoms with Crippen LogP contribution in [0.5, 0.6) is 0 Å². The molecule has 1 aromatic carbocycles. The van der Waals surface area contributed by atoms with E-state index in [1.807, 2.05) is 39.9 Å². The van der Waals surface area contributed by atoms with Crippen molar-refractivity contribution in [1.29, 1.82) is 0 Å². The minimum absolute atomic E-state index is 0.00445. The molecule has 0 spiro atoms. The Labute approximate surface area is 164 Å². The Hall–Kier alpha value is -2.38. The highest BCUT2D eigenvalue weighted by molar-refractivity contribution is 5.95. The Balaban J connectivity index is 1.42. The third kappa shape index (κ3) is 4.20. The number of fused-ring (bicyclic) bond motifs is 1. The number of nitrogens with two attached hydrogens (primary N) is 1. The van der Waals surface area contributed by atoms with E-state index in [-0.39, 0.29) is 23.8 Å². The van der Waals surface area contributed by atoms with Gasteiger partial charge in [0.2, 0.25) is 11.8 Å². The fourth-order valence-corrected chi connectivity index (χ4v) is 4.18. The molecule has 1 aliphatic carbocycles. The van der Waals surface area contributed by atoms with Gasteiger partial charge in [-0.2, -0.15) is 0 Å². The molecule has 1 aliphatic heterocycles. The molecule has 0 bridgehead atoms. The van der Waals surface area contributed by atoms with E-state index < -0.39 is 0 Å². The van der Waals surface area contributed by atoms with Crippen LogP contribution in [0.25, 0.3) is 10.9 Å². The third-order valence-corrected chi connectivity index (χ3v) is 5.79. The smallest absolute Gasteiger partial charge is 0.242 e. The van der Waals surface area contributed by atoms with Crippen molar-refractivity contribution < 1.29 is 14.3 Å². The summed E-state index contributed by atoms with van der Waals surface area (Å²) in [5.41, 5.74) is 7.78. The quantitative estimate of drug-likeness (QED) is 0.843. The lowest BCUT2D eigenvalue weighted by Crippen LogP contribution is -2.42. The number of hydrogen-bond acceptors (Lipinski definition) is 4. The molecule has 3 N–H and O–H groups in total. The molecule has 2 unspecified atom stereocenters. The standard InChI is InChI=1S/C21H28N4O3/c22-17-3-1-2-16(12-17)21(27)23-18-4-5-19-15(13-18)6-7-25(19)14-20(26)24-8-10-28-11-9-24/h4-7,13,16-17H,1-3,8-12,14,22H2,(H,23,27). The van der Waals surface area contributed by atoms with Gasteiger partial charge in [0.1, 0.15) is 6.54 Å². The largest absolute Gasteiger partial charge is 0.378 e. The van der Waals surface area contributed by atoms with Crippen LogP contribution in [0.15, 0.2) is 30.5 Å². The fourth-order valence-electron chi connectivity index (χ4n) is 4.18. The summed E-state index contributed by atoms with van der Waals surface area (Å²) < 4.78 is 7.26. The summed E-state index contributed by atoms with van der Waals surface area (Å²) in [6, 6.07) is 7.94. The van der Waals surface area contributed by atoms with Crippen LogP contribution in [-0.4, -0.2) is 53.6 Å². The molecule has 2 fully saturated rings. The van der Waals surface area contributed by atoms with Gasteiger partial charge in [-0.05, 0) is 43.5 Å². The second kappa shape index (κ2) is 8.32. The highest BCUT2D eigenvalue weighted by Crippen LogP contribution is 2.26. The van der Waals surface area contributed by atoms with Gasteiger partial charge in [-0.15, -0.1) is 0 Å². The molecule has 4 rings (SSSR count). The lowest BCUT2D eigenvalue weighted by atomic mass is 9.85. The first-order valence-corrected chi connectivity index (χ1v) is 10.1. The SMILES string of the molecule is NC1CCCC(C(=O)Nc2ccc3c(ccn3CC(=O)N3CCOCC3)c2)C1. The molecule has 28 heavy (non-hydrogen) atoms. The molecule has 7 nitrogen and oxygen atoms in total. The highest BCUT2D eigenvalue weighted by atomic mass is 16.5. The number of nitrogens with zero attached hydrogens (tertiary/aromatic N) is 2. The summed E-state index contributed by atoms with van der Waals surface area (Å²) in [6.45, 7) is 2.83. The van der Waals surface area contributed by atoms with Gasteiger partial charge in [0.25, 0.3) is 0 Å². The number of anilines is 1. The summed E-state index contributed by atoms with van der Waals surface area (Å²) in [5, 5.41) is 4.04. The second-order valence-corrected chi connectivity index (χ2v) is 7.82. The van der Waals surface area contributed by atoms with Crippen molar-refractivity contribution in [2.45, 2.75) is 38.3 Å². The molecule has 2 atom stereocenters. The Morgan fingerprint density at radius 1 is 1.18 bits per heavy atom. The average molecular weight is 384 g/mol. The Bertz CT molecular complexity index is 856. The Morgan fingerprint density at radius 3 is 2.79 bits per heavy atom. The van der Waals surface area contributed by atoms with E-state index in [0.717, 1.165) is 42.3 Å². The lowest BCUT2D eigenvalue weighted by molar-refractivity contribution is -0.135. The maximum atomic E-state index is 12.5. The van der Waals surface area contributed by atoms with Crippen LogP contribution < -0.4 is 11.1 Å². The van der Waals surface area contributed by atoms with E-state index in [1.54, 1.807) is 0 Å². The summed E-state index contributed by atoms with van der Waals surface area (Å²) in [5.74, 6) is 0.151. The van der Waals surface area contributed by atoms with Gasteiger partial charge >= 0.3 is 0 Å². The van der Waals surface area contributed by atoms with Crippen LogP contribution in [0.3, 0.4) is 0 Å². The zero-order chi connectivity index (χ0) is 19.5. The van der Waals surface area contributed by atoms with E-state index in [1.165, 1.54) is 0 Å². The van der Waals surface area contributed by atoms with Crippen LogP contribution in [0.2, 0.25) is 0 Å². The van der Waals surface area contributed by atoms with Crippen LogP contribution in [0.1, 0.15) is 25.7 Å². The van der Waals surface area contributed by atoms with Crippen molar-refractivity contribution in [3.63, 3.8) is 0 Å². The molecule has 2 heterocycles. The molecule has 0 radical (unpaired) electrons. The molecule has 2 aliphatic rings. The van der Waals surface area contributed by atoms with Crippen LogP contribution in [0.4, 0.5) is 5.69 Å². The maximum absolute atomic E-state index is 12.5. The normalized spacial score (nSPS) is 23.0. The molecule has 2 aromatic rings. The second-order valence-electron chi connectivity index (χ2n) is 7.82. The summed E-state index contributed by atoms with van der Waals surface area (Å²) >= 11 is 0. The van der Waals surface area contributed by atoms with E-state index in [4.69, 9.17) is 10.5 Å². The zero-order valence-corrected chi connectivity index (χ0v) is 16.1. The van der Waals surface area contributed by atoms with Gasteiger partial charge in [-0.3, -0.25) is 9.59 Å². The lowest BCUT2D eigenvalue weighted by Gasteiger charge is -2.27. The van der Waals surface area contributed by atoms with Crippen molar-refractivity contribution in [3.05, 3.63) is 30.5 Å². The molecule has 1 saturated heterocycles. The first-order valence-electron chi connectivity index (χ1n) is 10.1. The molecule has 1 aromatic heterocycles. The number of hydrogen-bond donors (Lipinski definition) is 2. The number of carbonyl (C=O) groups is 2. The van der Waals surface area contributed by atoms with Crippen molar-refractivity contribution >= 4 is 28.4 Å². The van der Waals surface area contributed by atoms with E-state index in [0.29, 0.717) is 32.8 Å². The zero-order valence-electron chi connectivity index (χ0n) is 16.1. The predicted octanol–water partition coefficient (Wildman–Crippen LogP) is 1.96. The first-order chi connectivity index (χ1) is 13.6. The predicted molar refractivity (Wildman–Crippen MR) is 108 cm³/mol. The van der Waals surface area contributed by atoms with Gasteiger partial charge in [-0.25, -0.2) is 0 Å². The number of aromatic nitrogens is 1. The summed E-state index contributed by atoms with van der Waals surface area (Å²) in [7, 11) is 0. The minimum Gasteiger partial charge on any atom is -0.378 e. The molecular weight excluding hydrogens is 356 g/mol. The number of carbonyl (C=O) groups excluding carboxylic acids is 2. The number of amides is 2. The number of rotatable bonds is 4. The number of nitrogens with one attached hydrogen (secondary N) is 1. The number of ether oxygens (including phenoxy) is 1. The van der Waals surface area contributed by atoms with Gasteiger partial charge in [0.05, 0.1) is 13.2 Å². The average Bonchev–Trinajstić information content (AvgIpc) is 3.10. The molecule has 2 amide bonds. The minimum atomic E-state index is -0.00445. The monoisotopic (exact) mass is 384 g/mol. The van der Waals surface area contributed by atoms with E-state index in [9.17, 15) is 9.59 Å². The van der Waals surface area contributed by atoms with Crippen molar-refractivity contribution in [3.8, 4) is 0 Å². The van der Waals surface area contributed by atoms with Gasteiger partial charge in [-0.1, -0.05) is 6.42 Å². The Morgan fingerprint density at radius 2 is 2.00 bits per heavy atom. The highest BCUT2D eigenvalue weighted by Gasteiger charge is 2.25. The topological polar surface area (TPSA) is 89.6 Å². The maximum Gasteiger partial charge on any atom is 0.242 e. The van der Waals surface area contributed by atoms with Crippen LogP contribution >= 0.6 is 0 Å².